The summed E-state index contributed by atoms with van der Waals surface area (Å²) in [5.74, 6) is -0.171. The number of piperazine rings is 1. The van der Waals surface area contributed by atoms with Gasteiger partial charge in [-0.3, -0.25) is 4.79 Å². The van der Waals surface area contributed by atoms with Crippen molar-refractivity contribution in [3.63, 3.8) is 0 Å². The lowest BCUT2D eigenvalue weighted by Gasteiger charge is -2.38. The van der Waals surface area contributed by atoms with Crippen LogP contribution >= 0.6 is 11.6 Å². The van der Waals surface area contributed by atoms with Gasteiger partial charge in [0.1, 0.15) is 6.67 Å². The number of carboxylic acid groups (broad SMARTS) is 1. The number of benzene rings is 2. The monoisotopic (exact) mass is 441 g/mol. The van der Waals surface area contributed by atoms with Gasteiger partial charge < -0.3 is 14.9 Å². The molecule has 31 heavy (non-hydrogen) atoms. The number of carbonyl (C=O) groups excluding carboxylic acids is 1. The first-order valence-electron chi connectivity index (χ1n) is 9.92. The zero-order valence-electron chi connectivity index (χ0n) is 16.9. The number of nitrogens with zero attached hydrogens (tertiary/aromatic N) is 3. The third-order valence-corrected chi connectivity index (χ3v) is 5.88. The maximum absolute atomic E-state index is 13.1. The maximum atomic E-state index is 13.1. The number of carbonyl (C=O) groups is 2. The van der Waals surface area contributed by atoms with Gasteiger partial charge in [-0.2, -0.15) is 0 Å². The lowest BCUT2D eigenvalue weighted by Crippen LogP contribution is -2.55. The second kappa shape index (κ2) is 8.51. The summed E-state index contributed by atoms with van der Waals surface area (Å²) in [4.78, 5) is 32.0. The van der Waals surface area contributed by atoms with Gasteiger partial charge in [0.25, 0.3) is 5.91 Å². The van der Waals surface area contributed by atoms with Crippen LogP contribution in [0.1, 0.15) is 22.8 Å². The number of hydrogen-bond acceptors (Lipinski definition) is 3. The van der Waals surface area contributed by atoms with Crippen LogP contribution in [0, 0.1) is 0 Å². The van der Waals surface area contributed by atoms with Gasteiger partial charge in [0.05, 0.1) is 16.2 Å². The number of rotatable bonds is 3. The summed E-state index contributed by atoms with van der Waals surface area (Å²) in [6, 6.07) is 13.7. The third kappa shape index (κ3) is 4.18. The molecule has 0 aliphatic carbocycles. The maximum Gasteiger partial charge on any atom is 0.407 e. The number of aromatic nitrogens is 1. The standard InChI is InChI=1S/C23H21ClFN3O3/c1-14-13-27(23(30)31)8-9-28(14)22(29)17-6-7-18-19(24)11-20(26-21(18)10-17)16-4-2-15(12-25)3-5-16/h2-7,10-11,14H,8-9,12-13H2,1H3,(H,30,31). The van der Waals surface area contributed by atoms with Gasteiger partial charge in [-0.15, -0.1) is 0 Å². The Hall–Kier alpha value is -3.19. The average molecular weight is 442 g/mol. The van der Waals surface area contributed by atoms with Crippen molar-refractivity contribution in [1.82, 2.24) is 14.8 Å². The first-order valence-corrected chi connectivity index (χ1v) is 10.3. The Morgan fingerprint density at radius 1 is 1.16 bits per heavy atom. The molecule has 1 fully saturated rings. The quantitative estimate of drug-likeness (QED) is 0.630. The predicted octanol–water partition coefficient (Wildman–Crippen LogP) is 4.85. The molecule has 1 aliphatic rings. The van der Waals surface area contributed by atoms with Gasteiger partial charge in [-0.05, 0) is 30.7 Å². The zero-order chi connectivity index (χ0) is 22.1. The van der Waals surface area contributed by atoms with Crippen LogP contribution in [0.2, 0.25) is 5.02 Å². The van der Waals surface area contributed by atoms with Gasteiger partial charge in [0.15, 0.2) is 0 Å². The number of amides is 2. The minimum Gasteiger partial charge on any atom is -0.465 e. The highest BCUT2D eigenvalue weighted by Gasteiger charge is 2.30. The largest absolute Gasteiger partial charge is 0.465 e. The van der Waals surface area contributed by atoms with E-state index in [1.807, 2.05) is 6.92 Å². The Bertz CT molecular complexity index is 1150. The van der Waals surface area contributed by atoms with Crippen LogP contribution in [0.5, 0.6) is 0 Å². The molecule has 1 atom stereocenters. The van der Waals surface area contributed by atoms with E-state index in [-0.39, 0.29) is 25.0 Å². The van der Waals surface area contributed by atoms with E-state index in [0.29, 0.717) is 33.9 Å². The van der Waals surface area contributed by atoms with E-state index >= 15 is 0 Å². The summed E-state index contributed by atoms with van der Waals surface area (Å²) in [6.07, 6.45) is -0.976. The number of pyridine rings is 1. The van der Waals surface area contributed by atoms with E-state index < -0.39 is 12.8 Å². The fraction of sp³-hybridized carbons (Fsp3) is 0.261. The van der Waals surface area contributed by atoms with Crippen LogP contribution in [0.4, 0.5) is 9.18 Å². The van der Waals surface area contributed by atoms with Crippen LogP contribution in [0.3, 0.4) is 0 Å². The predicted molar refractivity (Wildman–Crippen MR) is 117 cm³/mol. The molecular formula is C23H21ClFN3O3. The molecule has 1 saturated heterocycles. The molecule has 8 heteroatoms. The Morgan fingerprint density at radius 2 is 1.90 bits per heavy atom. The summed E-state index contributed by atoms with van der Waals surface area (Å²) in [6.45, 7) is 2.19. The molecule has 160 valence electrons. The highest BCUT2D eigenvalue weighted by molar-refractivity contribution is 6.35. The van der Waals surface area contributed by atoms with E-state index in [4.69, 9.17) is 11.6 Å². The first-order chi connectivity index (χ1) is 14.9. The lowest BCUT2D eigenvalue weighted by molar-refractivity contribution is 0.0484. The fourth-order valence-corrected chi connectivity index (χ4v) is 4.09. The molecular weight excluding hydrogens is 421 g/mol. The molecule has 0 spiro atoms. The smallest absolute Gasteiger partial charge is 0.407 e. The van der Waals surface area contributed by atoms with E-state index in [1.54, 1.807) is 53.4 Å². The van der Waals surface area contributed by atoms with Crippen molar-refractivity contribution in [2.45, 2.75) is 19.6 Å². The lowest BCUT2D eigenvalue weighted by atomic mass is 10.1. The number of hydrogen-bond donors (Lipinski definition) is 1. The zero-order valence-corrected chi connectivity index (χ0v) is 17.6. The summed E-state index contributed by atoms with van der Waals surface area (Å²) >= 11 is 6.46. The number of halogens is 2. The molecule has 0 radical (unpaired) electrons. The average Bonchev–Trinajstić information content (AvgIpc) is 2.78. The van der Waals surface area contributed by atoms with Crippen LogP contribution in [-0.2, 0) is 6.67 Å². The molecule has 1 aliphatic heterocycles. The van der Waals surface area contributed by atoms with Crippen LogP contribution in [0.15, 0.2) is 48.5 Å². The Kier molecular flexibility index (Phi) is 5.78. The molecule has 1 unspecified atom stereocenters. The van der Waals surface area contributed by atoms with E-state index in [1.165, 1.54) is 4.90 Å². The summed E-state index contributed by atoms with van der Waals surface area (Å²) < 4.78 is 12.8. The van der Waals surface area contributed by atoms with Crippen LogP contribution in [0.25, 0.3) is 22.2 Å². The number of fused-ring (bicyclic) bond motifs is 1. The SMILES string of the molecule is CC1CN(C(=O)O)CCN1C(=O)c1ccc2c(Cl)cc(-c3ccc(CF)cc3)nc2c1. The van der Waals surface area contributed by atoms with Gasteiger partial charge in [0.2, 0.25) is 0 Å². The van der Waals surface area contributed by atoms with Crippen molar-refractivity contribution in [1.29, 1.82) is 0 Å². The van der Waals surface area contributed by atoms with Crippen molar-refractivity contribution in [3.8, 4) is 11.3 Å². The van der Waals surface area contributed by atoms with E-state index in [0.717, 1.165) is 10.9 Å². The fourth-order valence-electron chi connectivity index (χ4n) is 3.83. The second-order valence-electron chi connectivity index (χ2n) is 7.63. The van der Waals surface area contributed by atoms with Gasteiger partial charge in [-0.25, -0.2) is 14.2 Å². The van der Waals surface area contributed by atoms with Crippen LogP contribution < -0.4 is 0 Å². The minimum atomic E-state index is -0.976. The molecule has 2 heterocycles. The van der Waals surface area contributed by atoms with Crippen molar-refractivity contribution < 1.29 is 19.1 Å². The van der Waals surface area contributed by atoms with Crippen molar-refractivity contribution >= 4 is 34.5 Å². The van der Waals surface area contributed by atoms with Crippen molar-refractivity contribution in [2.75, 3.05) is 19.6 Å². The Balaban J connectivity index is 1.65. The highest BCUT2D eigenvalue weighted by Crippen LogP contribution is 2.29. The molecule has 2 aromatic carbocycles. The number of alkyl halides is 1. The van der Waals surface area contributed by atoms with Crippen molar-refractivity contribution in [3.05, 3.63) is 64.7 Å². The Morgan fingerprint density at radius 3 is 2.55 bits per heavy atom. The molecule has 1 aromatic heterocycles. The molecule has 2 amide bonds. The first kappa shape index (κ1) is 21.1. The van der Waals surface area contributed by atoms with Gasteiger partial charge >= 0.3 is 6.09 Å². The van der Waals surface area contributed by atoms with Crippen LogP contribution in [-0.4, -0.2) is 57.6 Å². The van der Waals surface area contributed by atoms with Crippen molar-refractivity contribution in [2.24, 2.45) is 0 Å². The molecule has 0 saturated carbocycles. The summed E-state index contributed by atoms with van der Waals surface area (Å²) in [5.41, 5.74) is 3.07. The molecule has 3 aromatic rings. The second-order valence-corrected chi connectivity index (χ2v) is 8.04. The van der Waals surface area contributed by atoms with Gasteiger partial charge in [-0.1, -0.05) is 41.9 Å². The molecule has 6 nitrogen and oxygen atoms in total. The molecule has 0 bridgehead atoms. The summed E-state index contributed by atoms with van der Waals surface area (Å²) in [7, 11) is 0. The van der Waals surface area contributed by atoms with E-state index in [9.17, 15) is 19.1 Å². The molecule has 4 rings (SSSR count). The normalized spacial score (nSPS) is 16.5. The topological polar surface area (TPSA) is 73.7 Å². The third-order valence-electron chi connectivity index (χ3n) is 5.57. The van der Waals surface area contributed by atoms with E-state index in [2.05, 4.69) is 4.98 Å². The summed E-state index contributed by atoms with van der Waals surface area (Å²) in [5, 5.41) is 10.4. The minimum absolute atomic E-state index is 0.171. The highest BCUT2D eigenvalue weighted by atomic mass is 35.5. The van der Waals surface area contributed by atoms with Gasteiger partial charge in [0, 0.05) is 42.2 Å². The molecule has 1 N–H and O–H groups in total. The Labute approximate surface area is 183 Å².